The molecule has 4 rings (SSSR count). The zero-order chi connectivity index (χ0) is 28.9. The lowest BCUT2D eigenvalue weighted by Gasteiger charge is -2.38. The summed E-state index contributed by atoms with van der Waals surface area (Å²) >= 11 is 18.2. The van der Waals surface area contributed by atoms with Crippen LogP contribution in [0.25, 0.3) is 0 Å². The van der Waals surface area contributed by atoms with Crippen LogP contribution in [0.2, 0.25) is 15.1 Å². The average molecular weight is 646 g/mol. The van der Waals surface area contributed by atoms with Crippen molar-refractivity contribution < 1.29 is 26.7 Å². The highest BCUT2D eigenvalue weighted by atomic mass is 35.5. The summed E-state index contributed by atoms with van der Waals surface area (Å²) in [7, 11) is -4.34. The molecule has 14 heteroatoms. The molecule has 0 spiro atoms. The molecule has 226 valence electrons. The number of alkyl halides is 2. The van der Waals surface area contributed by atoms with Crippen LogP contribution >= 0.6 is 34.8 Å². The van der Waals surface area contributed by atoms with Gasteiger partial charge in [-0.3, -0.25) is 4.79 Å². The Hall–Kier alpha value is -0.790. The Bertz CT molecular complexity index is 1120. The van der Waals surface area contributed by atoms with E-state index in [2.05, 4.69) is 9.80 Å². The van der Waals surface area contributed by atoms with Gasteiger partial charge in [-0.15, -0.1) is 0 Å². The maximum Gasteiger partial charge on any atom is 0.251 e. The van der Waals surface area contributed by atoms with Gasteiger partial charge < -0.3 is 19.4 Å². The molecule has 0 aliphatic carbocycles. The number of benzene rings is 1. The molecule has 3 aliphatic heterocycles. The number of halogens is 5. The van der Waals surface area contributed by atoms with Crippen LogP contribution < -0.4 is 0 Å². The molecular formula is C26H37Cl3F2N4O4S. The summed E-state index contributed by atoms with van der Waals surface area (Å²) in [5, 5.41) is -0.247. The van der Waals surface area contributed by atoms with Gasteiger partial charge in [-0.1, -0.05) is 34.8 Å². The van der Waals surface area contributed by atoms with Crippen LogP contribution in [-0.2, 0) is 19.6 Å². The minimum atomic E-state index is -4.34. The fourth-order valence-electron chi connectivity index (χ4n) is 5.70. The van der Waals surface area contributed by atoms with Gasteiger partial charge in [0.25, 0.3) is 5.92 Å². The minimum Gasteiger partial charge on any atom is -0.370 e. The van der Waals surface area contributed by atoms with Crippen molar-refractivity contribution in [3.05, 3.63) is 27.2 Å². The molecule has 0 aromatic heterocycles. The van der Waals surface area contributed by atoms with Gasteiger partial charge in [-0.05, 0) is 70.5 Å². The minimum absolute atomic E-state index is 0.149. The number of carbonyl (C=O) groups excluding carboxylic acids is 1. The van der Waals surface area contributed by atoms with Crippen molar-refractivity contribution in [1.29, 1.82) is 0 Å². The molecule has 1 atom stereocenters. The first-order chi connectivity index (χ1) is 19.0. The zero-order valence-electron chi connectivity index (χ0n) is 22.5. The first-order valence-electron chi connectivity index (χ1n) is 13.8. The fourth-order valence-corrected chi connectivity index (χ4v) is 8.80. The van der Waals surface area contributed by atoms with E-state index >= 15 is 0 Å². The number of rotatable bonds is 10. The number of ether oxygens (including phenoxy) is 1. The van der Waals surface area contributed by atoms with Crippen LogP contribution in [0.15, 0.2) is 17.0 Å². The number of sulfonamides is 1. The zero-order valence-corrected chi connectivity index (χ0v) is 25.6. The Balaban J connectivity index is 1.30. The van der Waals surface area contributed by atoms with Crippen molar-refractivity contribution in [3.63, 3.8) is 0 Å². The first-order valence-corrected chi connectivity index (χ1v) is 16.4. The average Bonchev–Trinajstić information content (AvgIpc) is 3.26. The van der Waals surface area contributed by atoms with Gasteiger partial charge in [0.15, 0.2) is 0 Å². The molecule has 0 unspecified atom stereocenters. The largest absolute Gasteiger partial charge is 0.370 e. The van der Waals surface area contributed by atoms with Crippen LogP contribution in [-0.4, -0.2) is 117 Å². The van der Waals surface area contributed by atoms with E-state index in [9.17, 15) is 22.0 Å². The molecule has 0 N–H and O–H groups in total. The van der Waals surface area contributed by atoms with Crippen molar-refractivity contribution in [3.8, 4) is 0 Å². The van der Waals surface area contributed by atoms with E-state index in [1.54, 1.807) is 4.90 Å². The Morgan fingerprint density at radius 2 is 1.55 bits per heavy atom. The lowest BCUT2D eigenvalue weighted by atomic mass is 10.0. The van der Waals surface area contributed by atoms with E-state index in [4.69, 9.17) is 39.5 Å². The van der Waals surface area contributed by atoms with Gasteiger partial charge in [0, 0.05) is 44.0 Å². The molecule has 3 heterocycles. The fraction of sp³-hybridized carbons (Fsp3) is 0.731. The molecule has 8 nitrogen and oxygen atoms in total. The summed E-state index contributed by atoms with van der Waals surface area (Å²) in [5.74, 6) is -3.31. The van der Waals surface area contributed by atoms with Gasteiger partial charge in [0.1, 0.15) is 11.5 Å². The highest BCUT2D eigenvalue weighted by molar-refractivity contribution is 7.89. The van der Waals surface area contributed by atoms with E-state index in [-0.39, 0.29) is 39.1 Å². The Kier molecular flexibility index (Phi) is 11.3. The van der Waals surface area contributed by atoms with Gasteiger partial charge in [-0.25, -0.2) is 17.2 Å². The van der Waals surface area contributed by atoms with Crippen LogP contribution in [0.4, 0.5) is 8.78 Å². The topological polar surface area (TPSA) is 73.4 Å². The van der Waals surface area contributed by atoms with E-state index in [1.165, 1.54) is 38.1 Å². The number of nitrogens with zero attached hydrogens (tertiary/aromatic N) is 4. The van der Waals surface area contributed by atoms with Crippen molar-refractivity contribution in [1.82, 2.24) is 19.0 Å². The van der Waals surface area contributed by atoms with Crippen molar-refractivity contribution in [2.24, 2.45) is 0 Å². The molecular weight excluding hydrogens is 609 g/mol. The summed E-state index contributed by atoms with van der Waals surface area (Å²) in [6, 6.07) is 1.28. The molecule has 3 aliphatic rings. The highest BCUT2D eigenvalue weighted by Gasteiger charge is 2.46. The molecule has 0 bridgehead atoms. The summed E-state index contributed by atoms with van der Waals surface area (Å²) in [6.45, 7) is 6.23. The van der Waals surface area contributed by atoms with Crippen molar-refractivity contribution >= 4 is 50.7 Å². The lowest BCUT2D eigenvalue weighted by molar-refractivity contribution is -0.137. The molecule has 1 aromatic rings. The normalized spacial score (nSPS) is 23.4. The number of hydrogen-bond donors (Lipinski definition) is 0. The molecule has 0 saturated carbocycles. The third-order valence-corrected chi connectivity index (χ3v) is 10.9. The summed E-state index contributed by atoms with van der Waals surface area (Å²) in [4.78, 5) is 19.1. The lowest BCUT2D eigenvalue weighted by Crippen LogP contribution is -2.52. The second-order valence-corrected chi connectivity index (χ2v) is 13.8. The maximum atomic E-state index is 14.3. The Morgan fingerprint density at radius 3 is 2.23 bits per heavy atom. The summed E-state index contributed by atoms with van der Waals surface area (Å²) in [6.07, 6.45) is 3.13. The van der Waals surface area contributed by atoms with E-state index < -0.39 is 41.4 Å². The number of carbonyl (C=O) groups is 1. The Labute approximate surface area is 250 Å². The van der Waals surface area contributed by atoms with E-state index in [0.29, 0.717) is 13.1 Å². The van der Waals surface area contributed by atoms with Gasteiger partial charge >= 0.3 is 0 Å². The number of likely N-dealkylation sites (tertiary alicyclic amines) is 1. The molecule has 1 aromatic carbocycles. The van der Waals surface area contributed by atoms with Crippen LogP contribution in [0.3, 0.4) is 0 Å². The molecule has 40 heavy (non-hydrogen) atoms. The highest BCUT2D eigenvalue weighted by Crippen LogP contribution is 2.39. The standard InChI is InChI=1S/C26H37Cl3F2N4O4S/c27-20-15-22(28)25(23(29)16-20)40(37,38)35-12-5-26(30,31)17-21(35)18-39-19-24(36)34-11-4-10-33(13-14-34)9-3-8-32-6-1-2-7-32/h15-16,21H,1-14,17-19H2/t21-/m0/s1. The monoisotopic (exact) mass is 644 g/mol. The summed E-state index contributed by atoms with van der Waals surface area (Å²) in [5.41, 5.74) is 0. The van der Waals surface area contributed by atoms with Gasteiger partial charge in [0.2, 0.25) is 15.9 Å². The first kappa shape index (κ1) is 32.1. The van der Waals surface area contributed by atoms with Gasteiger partial charge in [0.05, 0.1) is 22.7 Å². The second-order valence-electron chi connectivity index (χ2n) is 10.8. The molecule has 3 saturated heterocycles. The molecule has 0 radical (unpaired) electrons. The van der Waals surface area contributed by atoms with E-state index in [1.807, 2.05) is 0 Å². The molecule has 1 amide bonds. The smallest absolute Gasteiger partial charge is 0.251 e. The maximum absolute atomic E-state index is 14.3. The SMILES string of the molecule is O=C(COC[C@@H]1CC(F)(F)CCN1S(=O)(=O)c1c(Cl)cc(Cl)cc1Cl)N1CCCN(CCCN2CCCC2)CC1. The second kappa shape index (κ2) is 14.1. The Morgan fingerprint density at radius 1 is 0.925 bits per heavy atom. The third-order valence-electron chi connectivity index (χ3n) is 7.79. The van der Waals surface area contributed by atoms with Crippen LogP contribution in [0.1, 0.15) is 38.5 Å². The molecule has 3 fully saturated rings. The number of piperidine rings is 1. The van der Waals surface area contributed by atoms with E-state index in [0.717, 1.165) is 43.3 Å². The quantitative estimate of drug-likeness (QED) is 0.374. The van der Waals surface area contributed by atoms with Crippen LogP contribution in [0, 0.1) is 0 Å². The number of hydrogen-bond acceptors (Lipinski definition) is 6. The number of amides is 1. The van der Waals surface area contributed by atoms with Crippen molar-refractivity contribution in [2.75, 3.05) is 72.1 Å². The van der Waals surface area contributed by atoms with Crippen LogP contribution in [0.5, 0.6) is 0 Å². The third kappa shape index (κ3) is 8.40. The van der Waals surface area contributed by atoms with Gasteiger partial charge in [-0.2, -0.15) is 4.31 Å². The van der Waals surface area contributed by atoms with Crippen molar-refractivity contribution in [2.45, 2.75) is 55.4 Å². The predicted molar refractivity (Wildman–Crippen MR) is 152 cm³/mol. The predicted octanol–water partition coefficient (Wildman–Crippen LogP) is 4.47. The summed E-state index contributed by atoms with van der Waals surface area (Å²) < 4.78 is 62.1.